The first-order valence-electron chi connectivity index (χ1n) is 6.53. The molecule has 19 heavy (non-hydrogen) atoms. The molecule has 1 amide bonds. The maximum Gasteiger partial charge on any atom is 0.255 e. The summed E-state index contributed by atoms with van der Waals surface area (Å²) in [6, 6.07) is 0.500. The van der Waals surface area contributed by atoms with Crippen LogP contribution in [0.3, 0.4) is 0 Å². The fourth-order valence-corrected chi connectivity index (χ4v) is 2.56. The number of amides is 1. The molecule has 1 saturated heterocycles. The lowest BCUT2D eigenvalue weighted by Gasteiger charge is -2.35. The summed E-state index contributed by atoms with van der Waals surface area (Å²) in [6.07, 6.45) is 2.73. The molecule has 0 spiro atoms. The Morgan fingerprint density at radius 2 is 2.21 bits per heavy atom. The van der Waals surface area contributed by atoms with E-state index >= 15 is 0 Å². The van der Waals surface area contributed by atoms with Gasteiger partial charge < -0.3 is 10.6 Å². The fraction of sp³-hybridized carbons (Fsp3) is 0.692. The van der Waals surface area contributed by atoms with E-state index in [-0.39, 0.29) is 24.4 Å². The van der Waals surface area contributed by atoms with Gasteiger partial charge in [0.15, 0.2) is 0 Å². The van der Waals surface area contributed by atoms with Gasteiger partial charge in [-0.15, -0.1) is 12.4 Å². The number of rotatable bonds is 2. The lowest BCUT2D eigenvalue weighted by molar-refractivity contribution is 0.0897. The molecular weight excluding hydrogens is 264 g/mol. The van der Waals surface area contributed by atoms with Crippen LogP contribution >= 0.6 is 12.4 Å². The van der Waals surface area contributed by atoms with E-state index in [0.717, 1.165) is 18.7 Å². The lowest BCUT2D eigenvalue weighted by Crippen LogP contribution is -2.55. The minimum atomic E-state index is -0.0204. The normalized spacial score (nSPS) is 26.6. The molecule has 2 rings (SSSR count). The molecule has 108 valence electrons. The van der Waals surface area contributed by atoms with Gasteiger partial charge in [0.2, 0.25) is 0 Å². The van der Waals surface area contributed by atoms with Crippen LogP contribution in [-0.4, -0.2) is 34.3 Å². The molecule has 5 nitrogen and oxygen atoms in total. The molecule has 0 saturated carbocycles. The number of nitrogens with one attached hydrogen (secondary N) is 2. The molecule has 0 aliphatic carbocycles. The van der Waals surface area contributed by atoms with Gasteiger partial charge in [0.05, 0.1) is 11.8 Å². The number of nitrogens with zero attached hydrogens (tertiary/aromatic N) is 2. The van der Waals surface area contributed by atoms with E-state index in [1.165, 1.54) is 0 Å². The Morgan fingerprint density at radius 3 is 2.74 bits per heavy atom. The number of aromatic nitrogens is 2. The van der Waals surface area contributed by atoms with Gasteiger partial charge in [-0.25, -0.2) is 0 Å². The Kier molecular flexibility index (Phi) is 5.38. The van der Waals surface area contributed by atoms with E-state index in [1.54, 1.807) is 10.9 Å². The van der Waals surface area contributed by atoms with Gasteiger partial charge in [-0.3, -0.25) is 9.48 Å². The standard InChI is InChI=1S/C13H22N4O.ClH/c1-8-5-6-14-9(2)12(8)16-13(18)11-7-15-17(4)10(11)3;/h7-9,12,14H,5-6H2,1-4H3,(H,16,18);1H. The van der Waals surface area contributed by atoms with E-state index < -0.39 is 0 Å². The molecule has 0 aromatic carbocycles. The SMILES string of the molecule is Cc1c(C(=O)NC2C(C)CCNC2C)cnn1C.Cl. The number of piperidine rings is 1. The molecule has 6 heteroatoms. The van der Waals surface area contributed by atoms with Crippen molar-refractivity contribution in [3.8, 4) is 0 Å². The molecule has 1 aromatic heterocycles. The molecule has 3 unspecified atom stereocenters. The largest absolute Gasteiger partial charge is 0.347 e. The predicted molar refractivity (Wildman–Crippen MR) is 77.7 cm³/mol. The Hall–Kier alpha value is -1.07. The summed E-state index contributed by atoms with van der Waals surface area (Å²) < 4.78 is 1.72. The summed E-state index contributed by atoms with van der Waals surface area (Å²) in [5, 5.41) is 10.6. The number of hydrogen-bond acceptors (Lipinski definition) is 3. The van der Waals surface area contributed by atoms with Gasteiger partial charge in [-0.1, -0.05) is 6.92 Å². The van der Waals surface area contributed by atoms with Crippen molar-refractivity contribution in [2.24, 2.45) is 13.0 Å². The first-order chi connectivity index (χ1) is 8.50. The number of carbonyl (C=O) groups excluding carboxylic acids is 1. The monoisotopic (exact) mass is 286 g/mol. The van der Waals surface area contributed by atoms with E-state index in [1.807, 2.05) is 14.0 Å². The minimum absolute atomic E-state index is 0. The second-order valence-electron chi connectivity index (χ2n) is 5.28. The summed E-state index contributed by atoms with van der Waals surface area (Å²) in [5.41, 5.74) is 1.57. The molecule has 0 radical (unpaired) electrons. The number of carbonyl (C=O) groups is 1. The Balaban J connectivity index is 0.00000180. The zero-order chi connectivity index (χ0) is 13.3. The summed E-state index contributed by atoms with van der Waals surface area (Å²) in [4.78, 5) is 12.2. The van der Waals surface area contributed by atoms with Crippen LogP contribution in [0.2, 0.25) is 0 Å². The summed E-state index contributed by atoms with van der Waals surface area (Å²) in [7, 11) is 1.85. The van der Waals surface area contributed by atoms with Gasteiger partial charge in [-0.05, 0) is 32.7 Å². The second kappa shape index (κ2) is 6.39. The van der Waals surface area contributed by atoms with Crippen LogP contribution in [0.1, 0.15) is 36.3 Å². The van der Waals surface area contributed by atoms with Crippen molar-refractivity contribution >= 4 is 18.3 Å². The first-order valence-corrected chi connectivity index (χ1v) is 6.53. The zero-order valence-corrected chi connectivity index (χ0v) is 12.8. The Bertz CT molecular complexity index is 436. The average Bonchev–Trinajstić information content (AvgIpc) is 2.65. The van der Waals surface area contributed by atoms with Crippen molar-refractivity contribution in [1.82, 2.24) is 20.4 Å². The topological polar surface area (TPSA) is 59.0 Å². The Labute approximate surface area is 120 Å². The third kappa shape index (κ3) is 3.28. The highest BCUT2D eigenvalue weighted by Gasteiger charge is 2.29. The van der Waals surface area contributed by atoms with Gasteiger partial charge >= 0.3 is 0 Å². The minimum Gasteiger partial charge on any atom is -0.347 e. The van der Waals surface area contributed by atoms with Gasteiger partial charge in [-0.2, -0.15) is 5.10 Å². The maximum atomic E-state index is 12.2. The van der Waals surface area contributed by atoms with Crippen molar-refractivity contribution in [3.63, 3.8) is 0 Å². The number of halogens is 1. The number of hydrogen-bond donors (Lipinski definition) is 2. The van der Waals surface area contributed by atoms with Crippen molar-refractivity contribution in [3.05, 3.63) is 17.5 Å². The van der Waals surface area contributed by atoms with Crippen LogP contribution in [-0.2, 0) is 7.05 Å². The fourth-order valence-electron chi connectivity index (χ4n) is 2.56. The van der Waals surface area contributed by atoms with Crippen molar-refractivity contribution < 1.29 is 4.79 Å². The molecule has 1 aliphatic heterocycles. The third-order valence-corrected chi connectivity index (χ3v) is 4.00. The van der Waals surface area contributed by atoms with Crippen LogP contribution in [0.4, 0.5) is 0 Å². The van der Waals surface area contributed by atoms with Crippen LogP contribution in [0.25, 0.3) is 0 Å². The van der Waals surface area contributed by atoms with Gasteiger partial charge in [0, 0.05) is 24.8 Å². The molecule has 1 aliphatic rings. The van der Waals surface area contributed by atoms with Crippen LogP contribution in [0.15, 0.2) is 6.20 Å². The van der Waals surface area contributed by atoms with Crippen LogP contribution < -0.4 is 10.6 Å². The second-order valence-corrected chi connectivity index (χ2v) is 5.28. The number of aryl methyl sites for hydroxylation is 1. The van der Waals surface area contributed by atoms with E-state index in [4.69, 9.17) is 0 Å². The highest BCUT2D eigenvalue weighted by Crippen LogP contribution is 2.17. The summed E-state index contributed by atoms with van der Waals surface area (Å²) in [6.45, 7) is 7.25. The van der Waals surface area contributed by atoms with E-state index in [2.05, 4.69) is 29.6 Å². The molecule has 1 fully saturated rings. The summed E-state index contributed by atoms with van der Waals surface area (Å²) in [5.74, 6) is 0.482. The van der Waals surface area contributed by atoms with Crippen molar-refractivity contribution in [2.75, 3.05) is 6.54 Å². The molecule has 2 heterocycles. The van der Waals surface area contributed by atoms with Crippen LogP contribution in [0, 0.1) is 12.8 Å². The highest BCUT2D eigenvalue weighted by atomic mass is 35.5. The molecule has 1 aromatic rings. The first kappa shape index (κ1) is 16.0. The molecule has 2 N–H and O–H groups in total. The highest BCUT2D eigenvalue weighted by molar-refractivity contribution is 5.95. The maximum absolute atomic E-state index is 12.2. The van der Waals surface area contributed by atoms with E-state index in [9.17, 15) is 4.79 Å². The lowest BCUT2D eigenvalue weighted by atomic mass is 9.89. The Morgan fingerprint density at radius 1 is 1.53 bits per heavy atom. The molecule has 0 bridgehead atoms. The van der Waals surface area contributed by atoms with E-state index in [0.29, 0.717) is 17.5 Å². The predicted octanol–water partition coefficient (Wildman–Crippen LogP) is 1.27. The molecule has 3 atom stereocenters. The smallest absolute Gasteiger partial charge is 0.255 e. The van der Waals surface area contributed by atoms with Gasteiger partial charge in [0.25, 0.3) is 5.91 Å². The van der Waals surface area contributed by atoms with Gasteiger partial charge in [0.1, 0.15) is 0 Å². The average molecular weight is 287 g/mol. The quantitative estimate of drug-likeness (QED) is 0.861. The van der Waals surface area contributed by atoms with Crippen molar-refractivity contribution in [2.45, 2.75) is 39.3 Å². The zero-order valence-electron chi connectivity index (χ0n) is 11.9. The summed E-state index contributed by atoms with van der Waals surface area (Å²) >= 11 is 0. The molecular formula is C13H23ClN4O. The van der Waals surface area contributed by atoms with Crippen LogP contribution in [0.5, 0.6) is 0 Å². The van der Waals surface area contributed by atoms with Crippen molar-refractivity contribution in [1.29, 1.82) is 0 Å². The third-order valence-electron chi connectivity index (χ3n) is 4.00.